The third-order valence-electron chi connectivity index (χ3n) is 4.10. The molecule has 1 atom stereocenters. The molecule has 1 unspecified atom stereocenters. The maximum absolute atomic E-state index is 13.5. The highest BCUT2D eigenvalue weighted by atomic mass is 19.1. The lowest BCUT2D eigenvalue weighted by atomic mass is 9.77. The second kappa shape index (κ2) is 4.92. The van der Waals surface area contributed by atoms with Crippen LogP contribution in [0.5, 0.6) is 0 Å². The summed E-state index contributed by atoms with van der Waals surface area (Å²) in [6.45, 7) is 3.56. The van der Waals surface area contributed by atoms with Crippen molar-refractivity contribution in [2.75, 3.05) is 0 Å². The summed E-state index contributed by atoms with van der Waals surface area (Å²) in [7, 11) is 0. The van der Waals surface area contributed by atoms with E-state index in [4.69, 9.17) is 0 Å². The molecule has 0 heterocycles. The molecule has 0 aliphatic heterocycles. The highest BCUT2D eigenvalue weighted by Crippen LogP contribution is 2.47. The Kier molecular flexibility index (Phi) is 3.54. The molecule has 0 amide bonds. The van der Waals surface area contributed by atoms with Crippen molar-refractivity contribution in [2.45, 2.75) is 33.1 Å². The lowest BCUT2D eigenvalue weighted by Crippen LogP contribution is -2.33. The molecule has 1 saturated carbocycles. The van der Waals surface area contributed by atoms with Crippen molar-refractivity contribution >= 4 is 11.5 Å². The number of benzene rings is 1. The smallest absolute Gasteiger partial charge is 0.272 e. The normalized spacial score (nSPS) is 23.8. The molecule has 6 heteroatoms. The average molecular weight is 290 g/mol. The fourth-order valence-electron chi connectivity index (χ4n) is 2.90. The summed E-state index contributed by atoms with van der Waals surface area (Å²) in [6, 6.07) is 5.25. The van der Waals surface area contributed by atoms with Crippen LogP contribution in [0.2, 0.25) is 0 Å². The minimum Gasteiger partial charge on any atom is -0.297 e. The van der Waals surface area contributed by atoms with Crippen LogP contribution in [0, 0.1) is 38.1 Å². The van der Waals surface area contributed by atoms with E-state index in [1.165, 1.54) is 6.07 Å². The van der Waals surface area contributed by atoms with Crippen LogP contribution >= 0.6 is 0 Å². The zero-order valence-electron chi connectivity index (χ0n) is 11.9. The first-order chi connectivity index (χ1) is 9.70. The van der Waals surface area contributed by atoms with Crippen LogP contribution in [0.3, 0.4) is 0 Å². The van der Waals surface area contributed by atoms with E-state index in [1.54, 1.807) is 13.8 Å². The van der Waals surface area contributed by atoms with Gasteiger partial charge in [-0.2, -0.15) is 5.26 Å². The second-order valence-corrected chi connectivity index (χ2v) is 6.16. The largest absolute Gasteiger partial charge is 0.297 e. The summed E-state index contributed by atoms with van der Waals surface area (Å²) >= 11 is 0. The van der Waals surface area contributed by atoms with Gasteiger partial charge in [-0.15, -0.1) is 0 Å². The molecule has 1 aromatic rings. The third kappa shape index (κ3) is 2.64. The van der Waals surface area contributed by atoms with Crippen LogP contribution in [0.25, 0.3) is 0 Å². The Morgan fingerprint density at radius 1 is 1.38 bits per heavy atom. The molecule has 1 aromatic carbocycles. The van der Waals surface area contributed by atoms with Gasteiger partial charge in [0, 0.05) is 11.5 Å². The number of halogens is 1. The fourth-order valence-corrected chi connectivity index (χ4v) is 2.90. The average Bonchev–Trinajstić information content (AvgIpc) is 2.63. The number of ketones is 1. The Hall–Kier alpha value is -2.29. The first-order valence-electron chi connectivity index (χ1n) is 6.60. The Labute approximate surface area is 121 Å². The first kappa shape index (κ1) is 15.1. The van der Waals surface area contributed by atoms with Gasteiger partial charge in [0.25, 0.3) is 5.69 Å². The number of carbonyl (C=O) groups excluding carboxylic acids is 1. The summed E-state index contributed by atoms with van der Waals surface area (Å²) in [6.07, 6.45) is 0.973. The molecule has 0 bridgehead atoms. The molecule has 5 nitrogen and oxygen atoms in total. The molecule has 0 spiro atoms. The van der Waals surface area contributed by atoms with Gasteiger partial charge < -0.3 is 0 Å². The number of nitro groups is 1. The topological polar surface area (TPSA) is 84.0 Å². The summed E-state index contributed by atoms with van der Waals surface area (Å²) in [5.41, 5.74) is -1.88. The van der Waals surface area contributed by atoms with Gasteiger partial charge in [-0.1, -0.05) is 13.8 Å². The predicted molar refractivity (Wildman–Crippen MR) is 72.8 cm³/mol. The summed E-state index contributed by atoms with van der Waals surface area (Å²) < 4.78 is 13.5. The van der Waals surface area contributed by atoms with E-state index in [-0.39, 0.29) is 17.9 Å². The molecule has 1 aliphatic carbocycles. The van der Waals surface area contributed by atoms with Crippen LogP contribution in [0.4, 0.5) is 10.1 Å². The Bertz CT molecular complexity index is 663. The molecule has 1 aliphatic rings. The van der Waals surface area contributed by atoms with Crippen molar-refractivity contribution in [1.29, 1.82) is 5.26 Å². The van der Waals surface area contributed by atoms with Crippen LogP contribution in [-0.2, 0) is 11.2 Å². The maximum Gasteiger partial charge on any atom is 0.272 e. The number of nitro benzene ring substituents is 1. The number of nitriles is 1. The second-order valence-electron chi connectivity index (χ2n) is 6.16. The molecule has 0 aromatic heterocycles. The number of hydrogen-bond acceptors (Lipinski definition) is 4. The monoisotopic (exact) mass is 290 g/mol. The van der Waals surface area contributed by atoms with Gasteiger partial charge in [-0.05, 0) is 30.9 Å². The fraction of sp³-hybridized carbons (Fsp3) is 0.467. The van der Waals surface area contributed by atoms with E-state index >= 15 is 0 Å². The molecular weight excluding hydrogens is 275 g/mol. The third-order valence-corrected chi connectivity index (χ3v) is 4.10. The van der Waals surface area contributed by atoms with Gasteiger partial charge in [0.2, 0.25) is 0 Å². The van der Waals surface area contributed by atoms with E-state index in [0.717, 1.165) is 12.1 Å². The highest BCUT2D eigenvalue weighted by molar-refractivity contribution is 5.94. The van der Waals surface area contributed by atoms with Gasteiger partial charge in [0.1, 0.15) is 11.2 Å². The number of carbonyl (C=O) groups is 1. The molecule has 2 rings (SSSR count). The maximum atomic E-state index is 13.5. The molecule has 1 fully saturated rings. The number of rotatable bonds is 3. The van der Waals surface area contributed by atoms with Crippen LogP contribution in [-0.4, -0.2) is 10.7 Å². The van der Waals surface area contributed by atoms with Crippen molar-refractivity contribution in [3.63, 3.8) is 0 Å². The van der Waals surface area contributed by atoms with Gasteiger partial charge >= 0.3 is 0 Å². The molecular formula is C15H15FN2O3. The van der Waals surface area contributed by atoms with Gasteiger partial charge in [0.15, 0.2) is 5.78 Å². The molecule has 0 saturated heterocycles. The summed E-state index contributed by atoms with van der Waals surface area (Å²) in [5, 5.41) is 20.2. The quantitative estimate of drug-likeness (QED) is 0.632. The van der Waals surface area contributed by atoms with Crippen molar-refractivity contribution < 1.29 is 14.1 Å². The first-order valence-corrected chi connectivity index (χ1v) is 6.60. The Morgan fingerprint density at radius 2 is 2.05 bits per heavy atom. The minimum atomic E-state index is -1.22. The van der Waals surface area contributed by atoms with E-state index < -0.39 is 21.6 Å². The standard InChI is InChI=1S/C15H15FN2O3/c1-14(2)3-4-15(9-17,13(14)19)8-10-5-11(16)7-12(6-10)18(20)21/h5-7H,3-4,8H2,1-2H3. The summed E-state index contributed by atoms with van der Waals surface area (Å²) in [4.78, 5) is 22.5. The van der Waals surface area contributed by atoms with Crippen LogP contribution in [0.15, 0.2) is 18.2 Å². The lowest BCUT2D eigenvalue weighted by molar-refractivity contribution is -0.385. The Morgan fingerprint density at radius 3 is 2.52 bits per heavy atom. The number of non-ortho nitro benzene ring substituents is 1. The Balaban J connectivity index is 2.39. The van der Waals surface area contributed by atoms with Gasteiger partial charge in [-0.3, -0.25) is 14.9 Å². The molecule has 21 heavy (non-hydrogen) atoms. The zero-order chi connectivity index (χ0) is 15.8. The van der Waals surface area contributed by atoms with E-state index in [1.807, 2.05) is 0 Å². The summed E-state index contributed by atoms with van der Waals surface area (Å²) in [5.74, 6) is -0.915. The van der Waals surface area contributed by atoms with Crippen LogP contribution in [0.1, 0.15) is 32.3 Å². The van der Waals surface area contributed by atoms with Crippen molar-refractivity contribution in [3.05, 3.63) is 39.7 Å². The van der Waals surface area contributed by atoms with E-state index in [2.05, 4.69) is 6.07 Å². The SMILES string of the molecule is CC1(C)CCC(C#N)(Cc2cc(F)cc([N+](=O)[O-])c2)C1=O. The van der Waals surface area contributed by atoms with Crippen molar-refractivity contribution in [3.8, 4) is 6.07 Å². The van der Waals surface area contributed by atoms with Crippen molar-refractivity contribution in [1.82, 2.24) is 0 Å². The van der Waals surface area contributed by atoms with Crippen molar-refractivity contribution in [2.24, 2.45) is 10.8 Å². The van der Waals surface area contributed by atoms with Crippen LogP contribution < -0.4 is 0 Å². The molecule has 110 valence electrons. The van der Waals surface area contributed by atoms with Gasteiger partial charge in [0.05, 0.1) is 17.1 Å². The highest BCUT2D eigenvalue weighted by Gasteiger charge is 2.52. The molecule has 0 N–H and O–H groups in total. The molecule has 0 radical (unpaired) electrons. The van der Waals surface area contributed by atoms with E-state index in [0.29, 0.717) is 18.4 Å². The van der Waals surface area contributed by atoms with E-state index in [9.17, 15) is 24.6 Å². The number of hydrogen-bond donors (Lipinski definition) is 0. The van der Waals surface area contributed by atoms with Gasteiger partial charge in [-0.25, -0.2) is 4.39 Å². The zero-order valence-corrected chi connectivity index (χ0v) is 11.9. The predicted octanol–water partition coefficient (Wildman–Crippen LogP) is 3.18. The lowest BCUT2D eigenvalue weighted by Gasteiger charge is -2.22. The minimum absolute atomic E-state index is 0.00433. The number of nitrogens with zero attached hydrogens (tertiary/aromatic N) is 2. The number of Topliss-reactive ketones (excluding diaryl/α,β-unsaturated/α-hetero) is 1.